The SMILES string of the molecule is CC(=O)N[C@@H](CS(=O)CCc1nccn1C)C(=O)O. The molecule has 1 heterocycles. The van der Waals surface area contributed by atoms with Gasteiger partial charge in [0.25, 0.3) is 0 Å². The van der Waals surface area contributed by atoms with E-state index in [4.69, 9.17) is 5.11 Å². The van der Waals surface area contributed by atoms with Crippen LogP contribution in [0.3, 0.4) is 0 Å². The predicted octanol–water partition coefficient (Wildman–Crippen LogP) is -0.699. The molecule has 2 N–H and O–H groups in total. The van der Waals surface area contributed by atoms with Gasteiger partial charge in [-0.05, 0) is 0 Å². The fraction of sp³-hybridized carbons (Fsp3) is 0.545. The molecule has 19 heavy (non-hydrogen) atoms. The second kappa shape index (κ2) is 7.03. The highest BCUT2D eigenvalue weighted by atomic mass is 32.2. The Bertz CT molecular complexity index is 486. The molecular weight excluding hydrogens is 270 g/mol. The normalized spacial score (nSPS) is 13.8. The van der Waals surface area contributed by atoms with E-state index < -0.39 is 28.7 Å². The van der Waals surface area contributed by atoms with E-state index in [9.17, 15) is 13.8 Å². The molecule has 0 radical (unpaired) electrons. The lowest BCUT2D eigenvalue weighted by atomic mass is 10.3. The number of rotatable bonds is 7. The lowest BCUT2D eigenvalue weighted by molar-refractivity contribution is -0.140. The summed E-state index contributed by atoms with van der Waals surface area (Å²) in [5.41, 5.74) is 0. The smallest absolute Gasteiger partial charge is 0.327 e. The minimum absolute atomic E-state index is 0.0979. The Kier molecular flexibility index (Phi) is 5.68. The number of nitrogens with one attached hydrogen (secondary N) is 1. The van der Waals surface area contributed by atoms with Gasteiger partial charge in [0.05, 0.1) is 5.75 Å². The number of nitrogens with zero attached hydrogens (tertiary/aromatic N) is 2. The topological polar surface area (TPSA) is 101 Å². The number of aliphatic carboxylic acids is 1. The van der Waals surface area contributed by atoms with Crippen molar-refractivity contribution < 1.29 is 18.9 Å². The van der Waals surface area contributed by atoms with Crippen LogP contribution >= 0.6 is 0 Å². The number of amides is 1. The molecule has 2 atom stereocenters. The summed E-state index contributed by atoms with van der Waals surface area (Å²) in [7, 11) is 0.507. The summed E-state index contributed by atoms with van der Waals surface area (Å²) in [6, 6.07) is -1.11. The van der Waals surface area contributed by atoms with Crippen LogP contribution < -0.4 is 5.32 Å². The lowest BCUT2D eigenvalue weighted by Crippen LogP contribution is -2.43. The van der Waals surface area contributed by atoms with Crippen molar-refractivity contribution in [3.8, 4) is 0 Å². The lowest BCUT2D eigenvalue weighted by Gasteiger charge is -2.12. The number of carbonyl (C=O) groups is 2. The molecule has 0 bridgehead atoms. The summed E-state index contributed by atoms with van der Waals surface area (Å²) >= 11 is 0. The van der Waals surface area contributed by atoms with Crippen molar-refractivity contribution in [2.24, 2.45) is 7.05 Å². The molecule has 0 aliphatic heterocycles. The molecule has 106 valence electrons. The summed E-state index contributed by atoms with van der Waals surface area (Å²) < 4.78 is 13.6. The van der Waals surface area contributed by atoms with Gasteiger partial charge >= 0.3 is 5.97 Å². The number of hydrogen-bond donors (Lipinski definition) is 2. The molecule has 1 rings (SSSR count). The third kappa shape index (κ3) is 5.21. The van der Waals surface area contributed by atoms with E-state index in [1.807, 2.05) is 11.6 Å². The van der Waals surface area contributed by atoms with Crippen LogP contribution in [0, 0.1) is 0 Å². The molecule has 0 aromatic carbocycles. The van der Waals surface area contributed by atoms with Gasteiger partial charge < -0.3 is 15.0 Å². The van der Waals surface area contributed by atoms with E-state index >= 15 is 0 Å². The molecule has 1 aromatic rings. The summed E-state index contributed by atoms with van der Waals surface area (Å²) in [4.78, 5) is 25.8. The Morgan fingerprint density at radius 3 is 2.74 bits per heavy atom. The van der Waals surface area contributed by atoms with Crippen molar-refractivity contribution in [3.63, 3.8) is 0 Å². The summed E-state index contributed by atoms with van der Waals surface area (Å²) in [6.45, 7) is 1.23. The zero-order chi connectivity index (χ0) is 14.4. The molecule has 7 nitrogen and oxygen atoms in total. The van der Waals surface area contributed by atoms with Crippen LogP contribution in [0.2, 0.25) is 0 Å². The average Bonchev–Trinajstić information content (AvgIpc) is 2.70. The van der Waals surface area contributed by atoms with Gasteiger partial charge in [0.2, 0.25) is 5.91 Å². The van der Waals surface area contributed by atoms with Crippen LogP contribution in [0.4, 0.5) is 0 Å². The molecule has 8 heteroatoms. The van der Waals surface area contributed by atoms with E-state index in [1.54, 1.807) is 12.4 Å². The predicted molar refractivity (Wildman–Crippen MR) is 70.0 cm³/mol. The second-order valence-electron chi connectivity index (χ2n) is 4.11. The first-order valence-corrected chi connectivity index (χ1v) is 7.20. The van der Waals surface area contributed by atoms with Crippen LogP contribution in [-0.4, -0.2) is 48.3 Å². The van der Waals surface area contributed by atoms with Gasteiger partial charge in [-0.3, -0.25) is 9.00 Å². The third-order valence-electron chi connectivity index (χ3n) is 2.50. The summed E-state index contributed by atoms with van der Waals surface area (Å²) in [6.07, 6.45) is 3.94. The Morgan fingerprint density at radius 2 is 2.26 bits per heavy atom. The van der Waals surface area contributed by atoms with Crippen molar-refractivity contribution in [1.29, 1.82) is 0 Å². The quantitative estimate of drug-likeness (QED) is 0.690. The molecule has 0 aliphatic carbocycles. The van der Waals surface area contributed by atoms with Crippen LogP contribution in [-0.2, 0) is 33.9 Å². The van der Waals surface area contributed by atoms with Crippen LogP contribution in [0.25, 0.3) is 0 Å². The van der Waals surface area contributed by atoms with Gasteiger partial charge in [-0.1, -0.05) is 0 Å². The summed E-state index contributed by atoms with van der Waals surface area (Å²) in [5.74, 6) is -0.623. The van der Waals surface area contributed by atoms with Crippen molar-refractivity contribution in [1.82, 2.24) is 14.9 Å². The number of carbonyl (C=O) groups excluding carboxylic acids is 1. The summed E-state index contributed by atoms with van der Waals surface area (Å²) in [5, 5.41) is 11.2. The Balaban J connectivity index is 2.47. The molecule has 1 aromatic heterocycles. The zero-order valence-electron chi connectivity index (χ0n) is 10.8. The van der Waals surface area contributed by atoms with Gasteiger partial charge in [-0.2, -0.15) is 0 Å². The van der Waals surface area contributed by atoms with Crippen LogP contribution in [0.15, 0.2) is 12.4 Å². The van der Waals surface area contributed by atoms with Crippen molar-refractivity contribution in [2.45, 2.75) is 19.4 Å². The van der Waals surface area contributed by atoms with E-state index in [1.165, 1.54) is 6.92 Å². The minimum Gasteiger partial charge on any atom is -0.480 e. The second-order valence-corrected chi connectivity index (χ2v) is 5.73. The molecule has 0 aliphatic rings. The van der Waals surface area contributed by atoms with Crippen molar-refractivity contribution >= 4 is 22.7 Å². The molecule has 0 saturated heterocycles. The highest BCUT2D eigenvalue weighted by Gasteiger charge is 2.21. The monoisotopic (exact) mass is 287 g/mol. The number of carboxylic acids is 1. The number of imidazole rings is 1. The third-order valence-corrected chi connectivity index (χ3v) is 3.87. The maximum absolute atomic E-state index is 11.8. The molecular formula is C11H17N3O4S. The first kappa shape index (κ1) is 15.4. The fourth-order valence-corrected chi connectivity index (χ4v) is 2.71. The standard InChI is InChI=1S/C11H17N3O4S/c1-8(15)13-9(11(16)17)7-19(18)6-3-10-12-4-5-14(10)2/h4-5,9H,3,6-7H2,1-2H3,(H,13,15)(H,16,17)/t9-,19?/m0/s1. The van der Waals surface area contributed by atoms with E-state index in [0.717, 1.165) is 5.82 Å². The van der Waals surface area contributed by atoms with Crippen molar-refractivity contribution in [2.75, 3.05) is 11.5 Å². The Hall–Kier alpha value is -1.70. The molecule has 0 fully saturated rings. The van der Waals surface area contributed by atoms with Gasteiger partial charge in [0, 0.05) is 49.3 Å². The molecule has 1 amide bonds. The minimum atomic E-state index is -1.33. The Morgan fingerprint density at radius 1 is 1.58 bits per heavy atom. The van der Waals surface area contributed by atoms with Crippen LogP contribution in [0.1, 0.15) is 12.7 Å². The largest absolute Gasteiger partial charge is 0.480 e. The van der Waals surface area contributed by atoms with E-state index in [2.05, 4.69) is 10.3 Å². The highest BCUT2D eigenvalue weighted by Crippen LogP contribution is 1.99. The Labute approximate surface area is 113 Å². The van der Waals surface area contributed by atoms with E-state index in [-0.39, 0.29) is 5.75 Å². The van der Waals surface area contributed by atoms with Gasteiger partial charge in [0.1, 0.15) is 11.9 Å². The van der Waals surface area contributed by atoms with Gasteiger partial charge in [-0.25, -0.2) is 9.78 Å². The molecule has 0 saturated carbocycles. The first-order chi connectivity index (χ1) is 8.90. The van der Waals surface area contributed by atoms with Gasteiger partial charge in [0.15, 0.2) is 0 Å². The molecule has 0 spiro atoms. The van der Waals surface area contributed by atoms with Crippen LogP contribution in [0.5, 0.6) is 0 Å². The van der Waals surface area contributed by atoms with Gasteiger partial charge in [-0.15, -0.1) is 0 Å². The van der Waals surface area contributed by atoms with E-state index in [0.29, 0.717) is 12.2 Å². The number of aryl methyl sites for hydroxylation is 2. The molecule has 1 unspecified atom stereocenters. The maximum atomic E-state index is 11.8. The first-order valence-electron chi connectivity index (χ1n) is 5.71. The fourth-order valence-electron chi connectivity index (χ4n) is 1.53. The zero-order valence-corrected chi connectivity index (χ0v) is 11.6. The maximum Gasteiger partial charge on any atom is 0.327 e. The number of aromatic nitrogens is 2. The highest BCUT2D eigenvalue weighted by molar-refractivity contribution is 7.85. The van der Waals surface area contributed by atoms with Crippen molar-refractivity contribution in [3.05, 3.63) is 18.2 Å². The average molecular weight is 287 g/mol. The number of carboxylic acid groups (broad SMARTS) is 1. The number of hydrogen-bond acceptors (Lipinski definition) is 4.